The van der Waals surface area contributed by atoms with Gasteiger partial charge in [-0.25, -0.2) is 0 Å². The van der Waals surface area contributed by atoms with E-state index in [4.69, 9.17) is 0 Å². The van der Waals surface area contributed by atoms with Crippen molar-refractivity contribution in [1.82, 2.24) is 0 Å². The van der Waals surface area contributed by atoms with Gasteiger partial charge < -0.3 is 10.6 Å². The largest absolute Gasteiger partial charge is 0.376 e. The van der Waals surface area contributed by atoms with Crippen LogP contribution in [0.4, 0.5) is 11.4 Å². The van der Waals surface area contributed by atoms with Crippen LogP contribution in [0.15, 0.2) is 77.3 Å². The summed E-state index contributed by atoms with van der Waals surface area (Å²) in [6.45, 7) is 2.05. The smallest absolute Gasteiger partial charge is 0.243 e. The Hall–Kier alpha value is -2.92. The highest BCUT2D eigenvalue weighted by molar-refractivity contribution is 9.10. The fraction of sp³-hybridized carbons (Fsp3) is 0.0909. The number of carbonyl (C=O) groups is 2. The molecule has 3 rings (SSSR count). The number of halogens is 1. The first-order chi connectivity index (χ1) is 13.0. The molecule has 0 aliphatic heterocycles. The average Bonchev–Trinajstić information content (AvgIpc) is 2.69. The summed E-state index contributed by atoms with van der Waals surface area (Å²) in [5.41, 5.74) is 3.60. The molecule has 0 unspecified atom stereocenters. The minimum absolute atomic E-state index is 0.0601. The summed E-state index contributed by atoms with van der Waals surface area (Å²) in [5, 5.41) is 5.90. The lowest BCUT2D eigenvalue weighted by molar-refractivity contribution is -0.114. The Morgan fingerprint density at radius 2 is 1.63 bits per heavy atom. The molecule has 0 saturated carbocycles. The lowest BCUT2D eigenvalue weighted by atomic mass is 10.0. The van der Waals surface area contributed by atoms with Gasteiger partial charge in [-0.2, -0.15) is 0 Å². The lowest BCUT2D eigenvalue weighted by Gasteiger charge is -2.12. The summed E-state index contributed by atoms with van der Waals surface area (Å²) < 4.78 is 0.802. The van der Waals surface area contributed by atoms with E-state index in [2.05, 4.69) is 26.6 Å². The molecule has 0 fully saturated rings. The Labute approximate surface area is 166 Å². The van der Waals surface area contributed by atoms with E-state index in [1.807, 2.05) is 55.5 Å². The summed E-state index contributed by atoms with van der Waals surface area (Å²) in [4.78, 5) is 25.0. The number of carbonyl (C=O) groups excluding carboxylic acids is 2. The van der Waals surface area contributed by atoms with Crippen molar-refractivity contribution >= 4 is 39.0 Å². The Kier molecular flexibility index (Phi) is 6.04. The molecule has 0 radical (unpaired) electrons. The van der Waals surface area contributed by atoms with Crippen LogP contribution in [0.2, 0.25) is 0 Å². The number of amides is 1. The van der Waals surface area contributed by atoms with Gasteiger partial charge in [-0.15, -0.1) is 0 Å². The van der Waals surface area contributed by atoms with E-state index in [0.717, 1.165) is 15.7 Å². The van der Waals surface area contributed by atoms with Crippen molar-refractivity contribution < 1.29 is 9.59 Å². The molecule has 0 heterocycles. The molecule has 0 atom stereocenters. The lowest BCUT2D eigenvalue weighted by Crippen LogP contribution is -2.22. The highest BCUT2D eigenvalue weighted by Gasteiger charge is 2.15. The van der Waals surface area contributed by atoms with Crippen molar-refractivity contribution in [3.05, 3.63) is 94.0 Å². The number of anilines is 2. The van der Waals surface area contributed by atoms with E-state index in [-0.39, 0.29) is 18.2 Å². The normalized spacial score (nSPS) is 10.3. The fourth-order valence-corrected chi connectivity index (χ4v) is 2.98. The van der Waals surface area contributed by atoms with E-state index in [1.54, 1.807) is 24.3 Å². The third-order valence-electron chi connectivity index (χ3n) is 4.04. The van der Waals surface area contributed by atoms with Crippen LogP contribution in [0, 0.1) is 6.92 Å². The van der Waals surface area contributed by atoms with Crippen molar-refractivity contribution in [2.24, 2.45) is 0 Å². The fourth-order valence-electron chi connectivity index (χ4n) is 2.62. The SMILES string of the molecule is Cc1ccc(NC(=O)CNc2ccc(Br)cc2C(=O)c2ccccc2)cc1. The summed E-state index contributed by atoms with van der Waals surface area (Å²) in [6, 6.07) is 22.1. The van der Waals surface area contributed by atoms with Crippen molar-refractivity contribution in [2.75, 3.05) is 17.2 Å². The third kappa shape index (κ3) is 5.05. The Morgan fingerprint density at radius 1 is 0.926 bits per heavy atom. The molecular formula is C22H19BrN2O2. The summed E-state index contributed by atoms with van der Waals surface area (Å²) in [6.07, 6.45) is 0. The van der Waals surface area contributed by atoms with Crippen LogP contribution in [0.5, 0.6) is 0 Å². The van der Waals surface area contributed by atoms with E-state index in [9.17, 15) is 9.59 Å². The molecule has 5 heteroatoms. The second-order valence-electron chi connectivity index (χ2n) is 6.15. The first kappa shape index (κ1) is 18.9. The second kappa shape index (κ2) is 8.64. The number of rotatable bonds is 6. The zero-order chi connectivity index (χ0) is 19.2. The number of hydrogen-bond acceptors (Lipinski definition) is 3. The quantitative estimate of drug-likeness (QED) is 0.547. The summed E-state index contributed by atoms with van der Waals surface area (Å²) in [7, 11) is 0. The van der Waals surface area contributed by atoms with Crippen LogP contribution in [0.3, 0.4) is 0 Å². The van der Waals surface area contributed by atoms with E-state index in [0.29, 0.717) is 16.8 Å². The van der Waals surface area contributed by atoms with Gasteiger partial charge in [-0.3, -0.25) is 9.59 Å². The number of aryl methyl sites for hydroxylation is 1. The maximum Gasteiger partial charge on any atom is 0.243 e. The molecule has 1 amide bonds. The summed E-state index contributed by atoms with van der Waals surface area (Å²) in [5.74, 6) is -0.279. The minimum atomic E-state index is -0.181. The molecule has 0 bridgehead atoms. The Balaban J connectivity index is 1.72. The Bertz CT molecular complexity index is 954. The molecule has 0 aliphatic carbocycles. The zero-order valence-electron chi connectivity index (χ0n) is 14.8. The number of ketones is 1. The van der Waals surface area contributed by atoms with Crippen LogP contribution in [-0.4, -0.2) is 18.2 Å². The highest BCUT2D eigenvalue weighted by atomic mass is 79.9. The molecule has 3 aromatic rings. The first-order valence-electron chi connectivity index (χ1n) is 8.52. The van der Waals surface area contributed by atoms with E-state index >= 15 is 0 Å². The number of nitrogens with one attached hydrogen (secondary N) is 2. The molecule has 0 spiro atoms. The predicted molar refractivity (Wildman–Crippen MR) is 112 cm³/mol. The van der Waals surface area contributed by atoms with Crippen molar-refractivity contribution in [1.29, 1.82) is 0 Å². The van der Waals surface area contributed by atoms with Gasteiger partial charge in [0.15, 0.2) is 5.78 Å². The Morgan fingerprint density at radius 3 is 2.33 bits per heavy atom. The topological polar surface area (TPSA) is 58.2 Å². The van der Waals surface area contributed by atoms with Gasteiger partial charge in [0.2, 0.25) is 5.91 Å². The maximum absolute atomic E-state index is 12.8. The van der Waals surface area contributed by atoms with E-state index < -0.39 is 0 Å². The van der Waals surface area contributed by atoms with Gasteiger partial charge in [0, 0.05) is 27.0 Å². The van der Waals surface area contributed by atoms with Crippen LogP contribution < -0.4 is 10.6 Å². The van der Waals surface area contributed by atoms with Crippen LogP contribution in [0.25, 0.3) is 0 Å². The third-order valence-corrected chi connectivity index (χ3v) is 4.53. The highest BCUT2D eigenvalue weighted by Crippen LogP contribution is 2.24. The number of benzene rings is 3. The van der Waals surface area contributed by atoms with Gasteiger partial charge >= 0.3 is 0 Å². The predicted octanol–water partition coefficient (Wildman–Crippen LogP) is 5.04. The monoisotopic (exact) mass is 422 g/mol. The van der Waals surface area contributed by atoms with Crippen LogP contribution in [0.1, 0.15) is 21.5 Å². The minimum Gasteiger partial charge on any atom is -0.376 e. The number of hydrogen-bond donors (Lipinski definition) is 2. The molecule has 136 valence electrons. The van der Waals surface area contributed by atoms with Gasteiger partial charge in [0.25, 0.3) is 0 Å². The first-order valence-corrected chi connectivity index (χ1v) is 9.32. The van der Waals surface area contributed by atoms with Crippen molar-refractivity contribution in [3.63, 3.8) is 0 Å². The van der Waals surface area contributed by atoms with Crippen LogP contribution in [-0.2, 0) is 4.79 Å². The van der Waals surface area contributed by atoms with Crippen molar-refractivity contribution in [3.8, 4) is 0 Å². The zero-order valence-corrected chi connectivity index (χ0v) is 16.4. The van der Waals surface area contributed by atoms with Crippen LogP contribution >= 0.6 is 15.9 Å². The van der Waals surface area contributed by atoms with E-state index in [1.165, 1.54) is 0 Å². The molecule has 0 saturated heterocycles. The second-order valence-corrected chi connectivity index (χ2v) is 7.07. The molecule has 0 aromatic heterocycles. The standard InChI is InChI=1S/C22H19BrN2O2/c1-15-7-10-18(11-8-15)25-21(26)14-24-20-12-9-17(23)13-19(20)22(27)16-5-3-2-4-6-16/h2-13,24H,14H2,1H3,(H,25,26). The molecule has 3 aromatic carbocycles. The van der Waals surface area contributed by atoms with Gasteiger partial charge in [0.1, 0.15) is 0 Å². The maximum atomic E-state index is 12.8. The van der Waals surface area contributed by atoms with Gasteiger partial charge in [-0.1, -0.05) is 64.0 Å². The van der Waals surface area contributed by atoms with Gasteiger partial charge in [0.05, 0.1) is 6.54 Å². The molecule has 0 aliphatic rings. The van der Waals surface area contributed by atoms with Crippen molar-refractivity contribution in [2.45, 2.75) is 6.92 Å². The molecular weight excluding hydrogens is 404 g/mol. The molecule has 4 nitrogen and oxygen atoms in total. The summed E-state index contributed by atoms with van der Waals surface area (Å²) >= 11 is 3.41. The molecule has 27 heavy (non-hydrogen) atoms. The average molecular weight is 423 g/mol. The van der Waals surface area contributed by atoms with Gasteiger partial charge in [-0.05, 0) is 37.3 Å². The molecule has 2 N–H and O–H groups in total.